The number of carboxylic acid groups (broad SMARTS) is 1. The van der Waals surface area contributed by atoms with Crippen molar-refractivity contribution in [3.63, 3.8) is 0 Å². The summed E-state index contributed by atoms with van der Waals surface area (Å²) in [6.45, 7) is 5.14. The molecule has 0 heterocycles. The number of hydrogen-bond acceptors (Lipinski definition) is 2. The van der Waals surface area contributed by atoms with Crippen LogP contribution in [0.25, 0.3) is 0 Å². The number of alkyl halides is 3. The van der Waals surface area contributed by atoms with Gasteiger partial charge in [-0.3, -0.25) is 4.90 Å². The Bertz CT molecular complexity index is 339. The van der Waals surface area contributed by atoms with Gasteiger partial charge in [0.05, 0.1) is 12.0 Å². The highest BCUT2D eigenvalue weighted by Gasteiger charge is 2.47. The average Bonchev–Trinajstić information content (AvgIpc) is 2.16. The number of amides is 1. The van der Waals surface area contributed by atoms with Crippen molar-refractivity contribution in [2.45, 2.75) is 63.8 Å². The van der Waals surface area contributed by atoms with Crippen molar-refractivity contribution in [3.8, 4) is 0 Å². The fourth-order valence-corrected chi connectivity index (χ4v) is 2.73. The van der Waals surface area contributed by atoms with Crippen LogP contribution in [0.4, 0.5) is 18.0 Å². The van der Waals surface area contributed by atoms with Gasteiger partial charge in [0.2, 0.25) is 0 Å². The molecular formula is C12H21F3N2O2. The number of nitrogens with two attached hydrogens (primary N) is 1. The Labute approximate surface area is 110 Å². The molecule has 7 heteroatoms. The summed E-state index contributed by atoms with van der Waals surface area (Å²) in [5, 5.41) is 9.25. The van der Waals surface area contributed by atoms with Crippen LogP contribution in [0.2, 0.25) is 0 Å². The first-order chi connectivity index (χ1) is 8.44. The Balaban J connectivity index is 2.85. The van der Waals surface area contributed by atoms with E-state index in [1.54, 1.807) is 20.8 Å². The lowest BCUT2D eigenvalue weighted by molar-refractivity contribution is -0.186. The molecule has 0 aromatic rings. The number of halogens is 3. The maximum absolute atomic E-state index is 12.6. The number of nitrogens with zero attached hydrogens (tertiary/aromatic N) is 1. The van der Waals surface area contributed by atoms with Gasteiger partial charge >= 0.3 is 12.3 Å². The van der Waals surface area contributed by atoms with E-state index in [0.717, 1.165) is 0 Å². The van der Waals surface area contributed by atoms with Gasteiger partial charge in [0, 0.05) is 11.6 Å². The Morgan fingerprint density at radius 1 is 1.26 bits per heavy atom. The quantitative estimate of drug-likeness (QED) is 0.777. The van der Waals surface area contributed by atoms with Gasteiger partial charge in [0.15, 0.2) is 0 Å². The molecule has 3 unspecified atom stereocenters. The van der Waals surface area contributed by atoms with E-state index in [1.165, 1.54) is 4.90 Å². The van der Waals surface area contributed by atoms with E-state index >= 15 is 0 Å². The first-order valence-electron chi connectivity index (χ1n) is 6.29. The monoisotopic (exact) mass is 282 g/mol. The summed E-state index contributed by atoms with van der Waals surface area (Å²) in [6.07, 6.45) is -5.53. The molecule has 3 N–H and O–H groups in total. The van der Waals surface area contributed by atoms with Gasteiger partial charge in [-0.2, -0.15) is 13.2 Å². The molecule has 1 amide bonds. The number of rotatable bonds is 1. The second kappa shape index (κ2) is 5.19. The minimum atomic E-state index is -4.25. The smallest absolute Gasteiger partial charge is 0.408 e. The molecule has 1 aliphatic carbocycles. The molecule has 1 saturated carbocycles. The molecule has 1 fully saturated rings. The summed E-state index contributed by atoms with van der Waals surface area (Å²) in [7, 11) is 0. The third kappa shape index (κ3) is 3.75. The molecule has 0 bridgehead atoms. The van der Waals surface area contributed by atoms with Crippen molar-refractivity contribution in [1.82, 2.24) is 4.90 Å². The van der Waals surface area contributed by atoms with Crippen LogP contribution in [-0.2, 0) is 0 Å². The second-order valence-corrected chi connectivity index (χ2v) is 6.11. The fraction of sp³-hybridized carbons (Fsp3) is 0.917. The zero-order chi connectivity index (χ0) is 15.0. The van der Waals surface area contributed by atoms with Crippen LogP contribution in [0.1, 0.15) is 40.0 Å². The predicted octanol–water partition coefficient (Wildman–Crippen LogP) is 2.82. The summed E-state index contributed by atoms with van der Waals surface area (Å²) < 4.78 is 37.9. The van der Waals surface area contributed by atoms with Gasteiger partial charge in [-0.05, 0) is 40.0 Å². The maximum Gasteiger partial charge on any atom is 0.408 e. The van der Waals surface area contributed by atoms with Crippen LogP contribution in [0.5, 0.6) is 0 Å². The third-order valence-corrected chi connectivity index (χ3v) is 3.59. The molecule has 4 nitrogen and oxygen atoms in total. The fourth-order valence-electron chi connectivity index (χ4n) is 2.73. The van der Waals surface area contributed by atoms with E-state index in [0.29, 0.717) is 0 Å². The lowest BCUT2D eigenvalue weighted by atomic mass is 9.80. The zero-order valence-electron chi connectivity index (χ0n) is 11.4. The van der Waals surface area contributed by atoms with Gasteiger partial charge < -0.3 is 10.8 Å². The highest BCUT2D eigenvalue weighted by molar-refractivity contribution is 5.66. The van der Waals surface area contributed by atoms with E-state index in [4.69, 9.17) is 5.73 Å². The molecule has 0 aliphatic heterocycles. The molecule has 0 aromatic carbocycles. The highest BCUT2D eigenvalue weighted by atomic mass is 19.4. The second-order valence-electron chi connectivity index (χ2n) is 6.11. The van der Waals surface area contributed by atoms with Crippen LogP contribution >= 0.6 is 0 Å². The Kier molecular flexibility index (Phi) is 4.39. The van der Waals surface area contributed by atoms with Gasteiger partial charge in [-0.15, -0.1) is 0 Å². The Morgan fingerprint density at radius 3 is 2.11 bits per heavy atom. The predicted molar refractivity (Wildman–Crippen MR) is 64.8 cm³/mol. The van der Waals surface area contributed by atoms with Crippen molar-refractivity contribution in [2.24, 2.45) is 11.7 Å². The SMILES string of the molecule is CC(C)(C)N(C(=O)O)C1CCC(C(F)(F)F)CC1N. The van der Waals surface area contributed by atoms with E-state index < -0.39 is 35.8 Å². The molecule has 112 valence electrons. The zero-order valence-corrected chi connectivity index (χ0v) is 11.4. The number of hydrogen-bond donors (Lipinski definition) is 2. The minimum absolute atomic E-state index is 0.0677. The van der Waals surface area contributed by atoms with Crippen molar-refractivity contribution in [2.75, 3.05) is 0 Å². The van der Waals surface area contributed by atoms with Crippen LogP contribution < -0.4 is 5.73 Å². The van der Waals surface area contributed by atoms with Crippen molar-refractivity contribution in [3.05, 3.63) is 0 Å². The van der Waals surface area contributed by atoms with Crippen molar-refractivity contribution in [1.29, 1.82) is 0 Å². The molecule has 0 spiro atoms. The molecule has 1 aliphatic rings. The molecule has 0 radical (unpaired) electrons. The normalized spacial score (nSPS) is 29.1. The lowest BCUT2D eigenvalue weighted by Gasteiger charge is -2.45. The molecule has 0 aromatic heterocycles. The number of carbonyl (C=O) groups is 1. The standard InChI is InChI=1S/C12H21F3N2O2/c1-11(2,3)17(10(18)19)9-5-4-7(6-8(9)16)12(13,14)15/h7-9H,4-6,16H2,1-3H3,(H,18,19). The average molecular weight is 282 g/mol. The van der Waals surface area contributed by atoms with E-state index in [-0.39, 0.29) is 19.3 Å². The molecule has 0 saturated heterocycles. The third-order valence-electron chi connectivity index (χ3n) is 3.59. The summed E-state index contributed by atoms with van der Waals surface area (Å²) in [6, 6.07) is -1.34. The van der Waals surface area contributed by atoms with Crippen molar-refractivity contribution < 1.29 is 23.1 Å². The van der Waals surface area contributed by atoms with Crippen molar-refractivity contribution >= 4 is 6.09 Å². The van der Waals surface area contributed by atoms with Crippen LogP contribution in [0, 0.1) is 5.92 Å². The molecule has 19 heavy (non-hydrogen) atoms. The largest absolute Gasteiger partial charge is 0.465 e. The summed E-state index contributed by atoms with van der Waals surface area (Å²) in [4.78, 5) is 12.5. The summed E-state index contributed by atoms with van der Waals surface area (Å²) >= 11 is 0. The minimum Gasteiger partial charge on any atom is -0.465 e. The first kappa shape index (κ1) is 16.1. The van der Waals surface area contributed by atoms with Crippen LogP contribution in [0.3, 0.4) is 0 Å². The molecule has 3 atom stereocenters. The van der Waals surface area contributed by atoms with E-state index in [2.05, 4.69) is 0 Å². The van der Waals surface area contributed by atoms with Gasteiger partial charge in [0.1, 0.15) is 0 Å². The Hall–Kier alpha value is -0.980. The topological polar surface area (TPSA) is 66.6 Å². The highest BCUT2D eigenvalue weighted by Crippen LogP contribution is 2.39. The Morgan fingerprint density at radius 2 is 1.79 bits per heavy atom. The van der Waals surface area contributed by atoms with Crippen LogP contribution in [0.15, 0.2) is 0 Å². The summed E-state index contributed by atoms with van der Waals surface area (Å²) in [5.41, 5.74) is 5.12. The van der Waals surface area contributed by atoms with Gasteiger partial charge in [0.25, 0.3) is 0 Å². The van der Waals surface area contributed by atoms with E-state index in [9.17, 15) is 23.1 Å². The van der Waals surface area contributed by atoms with Gasteiger partial charge in [-0.1, -0.05) is 0 Å². The first-order valence-corrected chi connectivity index (χ1v) is 6.29. The van der Waals surface area contributed by atoms with Gasteiger partial charge in [-0.25, -0.2) is 4.79 Å². The van der Waals surface area contributed by atoms with E-state index in [1.807, 2.05) is 0 Å². The lowest BCUT2D eigenvalue weighted by Crippen LogP contribution is -2.60. The van der Waals surface area contributed by atoms with Crippen LogP contribution in [-0.4, -0.2) is 39.9 Å². The summed E-state index contributed by atoms with van der Waals surface area (Å²) in [5.74, 6) is -1.42. The maximum atomic E-state index is 12.6. The molecular weight excluding hydrogens is 261 g/mol. The molecule has 1 rings (SSSR count).